The van der Waals surface area contributed by atoms with Crippen LogP contribution in [0.3, 0.4) is 0 Å². The van der Waals surface area contributed by atoms with Crippen LogP contribution in [0.4, 0.5) is 10.1 Å². The van der Waals surface area contributed by atoms with Gasteiger partial charge in [-0.2, -0.15) is 10.2 Å². The van der Waals surface area contributed by atoms with E-state index in [1.165, 1.54) is 12.1 Å². The van der Waals surface area contributed by atoms with Crippen molar-refractivity contribution >= 4 is 27.5 Å². The number of nitrogens with one attached hydrogen (secondary N) is 1. The summed E-state index contributed by atoms with van der Waals surface area (Å²) in [6.45, 7) is 2.40. The Labute approximate surface area is 146 Å². The Morgan fingerprint density at radius 1 is 1.33 bits per heavy atom. The zero-order chi connectivity index (χ0) is 17.1. The van der Waals surface area contributed by atoms with Crippen LogP contribution in [0.5, 0.6) is 0 Å². The average molecular weight is 392 g/mol. The van der Waals surface area contributed by atoms with E-state index >= 15 is 0 Å². The minimum absolute atomic E-state index is 0.113. The molecule has 0 radical (unpaired) electrons. The Bertz CT molecular complexity index is 853. The smallest absolute Gasteiger partial charge is 0.246 e. The number of nitrogens with zero attached hydrogens (tertiary/aromatic N) is 4. The molecule has 2 aromatic heterocycles. The van der Waals surface area contributed by atoms with Gasteiger partial charge in [0.2, 0.25) is 5.91 Å². The summed E-state index contributed by atoms with van der Waals surface area (Å²) in [4.78, 5) is 12.0. The lowest BCUT2D eigenvalue weighted by Gasteiger charge is -2.03. The van der Waals surface area contributed by atoms with E-state index in [4.69, 9.17) is 0 Å². The van der Waals surface area contributed by atoms with Crippen molar-refractivity contribution in [2.24, 2.45) is 0 Å². The number of rotatable bonds is 5. The lowest BCUT2D eigenvalue weighted by atomic mass is 10.2. The van der Waals surface area contributed by atoms with E-state index in [1.54, 1.807) is 34.0 Å². The molecule has 3 aromatic rings. The molecule has 8 heteroatoms. The molecule has 0 bridgehead atoms. The van der Waals surface area contributed by atoms with E-state index in [0.29, 0.717) is 12.2 Å². The van der Waals surface area contributed by atoms with Crippen molar-refractivity contribution in [3.05, 3.63) is 64.4 Å². The second-order valence-electron chi connectivity index (χ2n) is 5.36. The summed E-state index contributed by atoms with van der Waals surface area (Å²) < 4.78 is 17.2. The number of hydrogen-bond acceptors (Lipinski definition) is 3. The minimum Gasteiger partial charge on any atom is -0.322 e. The van der Waals surface area contributed by atoms with E-state index in [9.17, 15) is 9.18 Å². The van der Waals surface area contributed by atoms with Gasteiger partial charge in [0.05, 0.1) is 28.6 Å². The Hall–Kier alpha value is -2.48. The Morgan fingerprint density at radius 2 is 2.17 bits per heavy atom. The first kappa shape index (κ1) is 16.4. The minimum atomic E-state index is -0.283. The van der Waals surface area contributed by atoms with Crippen LogP contribution < -0.4 is 5.32 Å². The maximum absolute atomic E-state index is 13.2. The molecule has 1 amide bonds. The van der Waals surface area contributed by atoms with Gasteiger partial charge in [0.15, 0.2) is 0 Å². The molecule has 0 saturated carbocycles. The first-order valence-electron chi connectivity index (χ1n) is 7.26. The highest BCUT2D eigenvalue weighted by molar-refractivity contribution is 9.10. The van der Waals surface area contributed by atoms with Gasteiger partial charge < -0.3 is 5.32 Å². The number of amides is 1. The van der Waals surface area contributed by atoms with Crippen molar-refractivity contribution in [2.75, 3.05) is 5.32 Å². The van der Waals surface area contributed by atoms with Crippen LogP contribution in [0.2, 0.25) is 0 Å². The Kier molecular flexibility index (Phi) is 4.75. The van der Waals surface area contributed by atoms with Crippen LogP contribution >= 0.6 is 15.9 Å². The molecular weight excluding hydrogens is 377 g/mol. The summed E-state index contributed by atoms with van der Waals surface area (Å²) in [5.41, 5.74) is 2.21. The molecule has 0 aliphatic carbocycles. The third kappa shape index (κ3) is 4.08. The molecule has 3 rings (SSSR count). The molecule has 0 saturated heterocycles. The second kappa shape index (κ2) is 6.96. The van der Waals surface area contributed by atoms with E-state index in [0.717, 1.165) is 15.7 Å². The van der Waals surface area contributed by atoms with Crippen LogP contribution in [0.1, 0.15) is 11.3 Å². The summed E-state index contributed by atoms with van der Waals surface area (Å²) in [5, 5.41) is 11.1. The van der Waals surface area contributed by atoms with Gasteiger partial charge in [-0.25, -0.2) is 4.39 Å². The summed E-state index contributed by atoms with van der Waals surface area (Å²) in [7, 11) is 0. The molecule has 0 spiro atoms. The Morgan fingerprint density at radius 3 is 2.88 bits per heavy atom. The number of benzene rings is 1. The van der Waals surface area contributed by atoms with Gasteiger partial charge in [-0.15, -0.1) is 0 Å². The monoisotopic (exact) mass is 391 g/mol. The lowest BCUT2D eigenvalue weighted by Crippen LogP contribution is -2.18. The maximum atomic E-state index is 13.2. The van der Waals surface area contributed by atoms with Gasteiger partial charge in [0.25, 0.3) is 0 Å². The van der Waals surface area contributed by atoms with E-state index in [2.05, 4.69) is 31.4 Å². The highest BCUT2D eigenvalue weighted by Crippen LogP contribution is 2.13. The predicted octanol–water partition coefficient (Wildman–Crippen LogP) is 2.98. The van der Waals surface area contributed by atoms with Crippen LogP contribution in [0, 0.1) is 12.7 Å². The normalized spacial score (nSPS) is 10.8. The highest BCUT2D eigenvalue weighted by Gasteiger charge is 2.08. The molecule has 0 atom stereocenters. The predicted molar refractivity (Wildman–Crippen MR) is 91.0 cm³/mol. The molecule has 1 aromatic carbocycles. The van der Waals surface area contributed by atoms with E-state index in [-0.39, 0.29) is 18.3 Å². The van der Waals surface area contributed by atoms with Crippen LogP contribution in [-0.4, -0.2) is 25.5 Å². The number of anilines is 1. The van der Waals surface area contributed by atoms with Gasteiger partial charge in [0, 0.05) is 12.4 Å². The lowest BCUT2D eigenvalue weighted by molar-refractivity contribution is -0.116. The average Bonchev–Trinajstić information content (AvgIpc) is 3.06. The zero-order valence-corrected chi connectivity index (χ0v) is 14.5. The molecule has 1 N–H and O–H groups in total. The summed E-state index contributed by atoms with van der Waals surface area (Å²) in [6, 6.07) is 6.33. The van der Waals surface area contributed by atoms with Crippen molar-refractivity contribution in [2.45, 2.75) is 20.0 Å². The fourth-order valence-electron chi connectivity index (χ4n) is 2.26. The molecular formula is C16H15BrFN5O. The standard InChI is InChI=1S/C16H15BrFN5O/c1-11-15(17)9-23(21-11)10-16(24)20-14-6-19-22(8-14)7-12-3-2-4-13(18)5-12/h2-6,8-9H,7,10H2,1H3,(H,20,24). The molecule has 0 aliphatic rings. The largest absolute Gasteiger partial charge is 0.322 e. The maximum Gasteiger partial charge on any atom is 0.246 e. The topological polar surface area (TPSA) is 64.7 Å². The number of hydrogen-bond donors (Lipinski definition) is 1. The SMILES string of the molecule is Cc1nn(CC(=O)Nc2cnn(Cc3cccc(F)c3)c2)cc1Br. The first-order valence-corrected chi connectivity index (χ1v) is 8.05. The van der Waals surface area contributed by atoms with Gasteiger partial charge in [-0.3, -0.25) is 14.2 Å². The van der Waals surface area contributed by atoms with E-state index in [1.807, 2.05) is 13.0 Å². The van der Waals surface area contributed by atoms with Gasteiger partial charge >= 0.3 is 0 Å². The second-order valence-corrected chi connectivity index (χ2v) is 6.22. The Balaban J connectivity index is 1.60. The number of carbonyl (C=O) groups is 1. The van der Waals surface area contributed by atoms with Crippen molar-refractivity contribution in [1.29, 1.82) is 0 Å². The molecule has 6 nitrogen and oxygen atoms in total. The van der Waals surface area contributed by atoms with Crippen LogP contribution in [-0.2, 0) is 17.9 Å². The quantitative estimate of drug-likeness (QED) is 0.726. The van der Waals surface area contributed by atoms with Crippen molar-refractivity contribution < 1.29 is 9.18 Å². The first-order chi connectivity index (χ1) is 11.5. The molecule has 0 aliphatic heterocycles. The van der Waals surface area contributed by atoms with Crippen molar-refractivity contribution in [1.82, 2.24) is 19.6 Å². The third-order valence-corrected chi connectivity index (χ3v) is 4.12. The fraction of sp³-hybridized carbons (Fsp3) is 0.188. The summed E-state index contributed by atoms with van der Waals surface area (Å²) in [6.07, 6.45) is 5.01. The fourth-order valence-corrected chi connectivity index (χ4v) is 2.57. The number of aromatic nitrogens is 4. The number of halogens is 2. The summed E-state index contributed by atoms with van der Waals surface area (Å²) in [5.74, 6) is -0.482. The number of aryl methyl sites for hydroxylation is 1. The summed E-state index contributed by atoms with van der Waals surface area (Å²) >= 11 is 3.36. The van der Waals surface area contributed by atoms with Crippen molar-refractivity contribution in [3.63, 3.8) is 0 Å². The molecule has 2 heterocycles. The molecule has 24 heavy (non-hydrogen) atoms. The van der Waals surface area contributed by atoms with Crippen LogP contribution in [0.15, 0.2) is 47.3 Å². The number of carbonyl (C=O) groups excluding carboxylic acids is 1. The van der Waals surface area contributed by atoms with Crippen LogP contribution in [0.25, 0.3) is 0 Å². The zero-order valence-electron chi connectivity index (χ0n) is 12.9. The highest BCUT2D eigenvalue weighted by atomic mass is 79.9. The van der Waals surface area contributed by atoms with Crippen molar-refractivity contribution in [3.8, 4) is 0 Å². The third-order valence-electron chi connectivity index (χ3n) is 3.34. The van der Waals surface area contributed by atoms with E-state index < -0.39 is 0 Å². The molecule has 0 unspecified atom stereocenters. The van der Waals surface area contributed by atoms with Gasteiger partial charge in [0.1, 0.15) is 12.4 Å². The molecule has 124 valence electrons. The van der Waals surface area contributed by atoms with Gasteiger partial charge in [-0.1, -0.05) is 12.1 Å². The molecule has 0 fully saturated rings. The van der Waals surface area contributed by atoms with Gasteiger partial charge in [-0.05, 0) is 40.5 Å².